The number of imidazole rings is 1. The third-order valence-corrected chi connectivity index (χ3v) is 6.63. The van der Waals surface area contributed by atoms with Gasteiger partial charge >= 0.3 is 6.09 Å². The lowest BCUT2D eigenvalue weighted by molar-refractivity contribution is -0.157. The van der Waals surface area contributed by atoms with Gasteiger partial charge in [0.1, 0.15) is 5.65 Å². The highest BCUT2D eigenvalue weighted by molar-refractivity contribution is 5.83. The minimum absolute atomic E-state index is 0.0104. The van der Waals surface area contributed by atoms with Crippen LogP contribution >= 0.6 is 0 Å². The molecule has 2 aromatic rings. The van der Waals surface area contributed by atoms with Gasteiger partial charge in [0.05, 0.1) is 31.0 Å². The standard InChI is InChI=1S/C20H23N5O3/c26-18(14-4-5-14)23-12-20(13-23)16-11-22(7-8-25(16)19(27)28-20)10-15-9-21-17-3-1-2-6-24(15)17/h1-3,6,9,14,16H,4-5,7-8,10-13H2. The van der Waals surface area contributed by atoms with Gasteiger partial charge in [0.15, 0.2) is 5.60 Å². The van der Waals surface area contributed by atoms with Crippen LogP contribution in [0.25, 0.3) is 5.65 Å². The Balaban J connectivity index is 1.19. The first-order valence-corrected chi connectivity index (χ1v) is 10.0. The number of fused-ring (bicyclic) bond motifs is 3. The number of hydrogen-bond donors (Lipinski definition) is 0. The van der Waals surface area contributed by atoms with Crippen LogP contribution in [0.4, 0.5) is 4.79 Å². The second-order valence-corrected chi connectivity index (χ2v) is 8.52. The number of hydrogen-bond acceptors (Lipinski definition) is 5. The predicted molar refractivity (Wildman–Crippen MR) is 99.5 cm³/mol. The van der Waals surface area contributed by atoms with E-state index in [0.29, 0.717) is 19.6 Å². The average molecular weight is 381 g/mol. The molecular weight excluding hydrogens is 358 g/mol. The van der Waals surface area contributed by atoms with E-state index in [9.17, 15) is 9.59 Å². The lowest BCUT2D eigenvalue weighted by Gasteiger charge is -2.51. The molecule has 1 aliphatic carbocycles. The SMILES string of the molecule is O=C(C1CC1)N1CC2(C1)OC(=O)N1CCN(Cc3cnc4ccccn34)CC12. The summed E-state index contributed by atoms with van der Waals surface area (Å²) < 4.78 is 7.92. The molecule has 6 rings (SSSR count). The zero-order valence-electron chi connectivity index (χ0n) is 15.7. The summed E-state index contributed by atoms with van der Waals surface area (Å²) in [6.07, 6.45) is 5.74. The topological polar surface area (TPSA) is 70.4 Å². The molecule has 8 nitrogen and oxygen atoms in total. The molecule has 2 aromatic heterocycles. The van der Waals surface area contributed by atoms with Crippen molar-refractivity contribution in [2.75, 3.05) is 32.7 Å². The van der Waals surface area contributed by atoms with Crippen molar-refractivity contribution < 1.29 is 14.3 Å². The molecule has 1 atom stereocenters. The van der Waals surface area contributed by atoms with E-state index in [-0.39, 0.29) is 24.0 Å². The second kappa shape index (κ2) is 5.70. The number of piperazine rings is 1. The molecule has 4 aliphatic rings. The van der Waals surface area contributed by atoms with Crippen LogP contribution in [-0.4, -0.2) is 80.5 Å². The minimum atomic E-state index is -0.528. The van der Waals surface area contributed by atoms with Gasteiger partial charge in [0, 0.05) is 38.3 Å². The molecule has 1 spiro atoms. The molecule has 1 saturated carbocycles. The number of rotatable bonds is 3. The number of nitrogens with zero attached hydrogens (tertiary/aromatic N) is 5. The lowest BCUT2D eigenvalue weighted by Crippen LogP contribution is -2.72. The molecule has 28 heavy (non-hydrogen) atoms. The van der Waals surface area contributed by atoms with Crippen LogP contribution in [-0.2, 0) is 16.1 Å². The van der Waals surface area contributed by atoms with E-state index in [1.807, 2.05) is 40.4 Å². The second-order valence-electron chi connectivity index (χ2n) is 8.52. The van der Waals surface area contributed by atoms with Crippen molar-refractivity contribution in [2.24, 2.45) is 5.92 Å². The van der Waals surface area contributed by atoms with Gasteiger partial charge < -0.3 is 14.0 Å². The van der Waals surface area contributed by atoms with Gasteiger partial charge in [-0.05, 0) is 25.0 Å². The third kappa shape index (κ3) is 2.37. The molecule has 4 fully saturated rings. The Kier molecular flexibility index (Phi) is 3.33. The van der Waals surface area contributed by atoms with E-state index >= 15 is 0 Å². The van der Waals surface area contributed by atoms with Crippen molar-refractivity contribution in [3.05, 3.63) is 36.3 Å². The van der Waals surface area contributed by atoms with Gasteiger partial charge in [0.2, 0.25) is 5.91 Å². The number of aromatic nitrogens is 2. The van der Waals surface area contributed by atoms with Gasteiger partial charge in [-0.1, -0.05) is 6.07 Å². The highest BCUT2D eigenvalue weighted by Crippen LogP contribution is 2.42. The number of carbonyl (C=O) groups excluding carboxylic acids is 2. The maximum atomic E-state index is 12.4. The van der Waals surface area contributed by atoms with Crippen LogP contribution in [0.2, 0.25) is 0 Å². The van der Waals surface area contributed by atoms with Crippen LogP contribution < -0.4 is 0 Å². The molecule has 8 heteroatoms. The Labute approximate surface area is 162 Å². The molecule has 1 unspecified atom stereocenters. The monoisotopic (exact) mass is 381 g/mol. The summed E-state index contributed by atoms with van der Waals surface area (Å²) in [6.45, 7) is 4.10. The fourth-order valence-electron chi connectivity index (χ4n) is 4.90. The van der Waals surface area contributed by atoms with Crippen molar-refractivity contribution in [2.45, 2.75) is 31.0 Å². The van der Waals surface area contributed by atoms with Gasteiger partial charge in [-0.15, -0.1) is 0 Å². The summed E-state index contributed by atoms with van der Waals surface area (Å²) in [4.78, 5) is 35.3. The largest absolute Gasteiger partial charge is 0.437 e. The number of ether oxygens (including phenoxy) is 1. The van der Waals surface area contributed by atoms with E-state index in [0.717, 1.165) is 43.8 Å². The molecule has 0 aromatic carbocycles. The Hall–Kier alpha value is -2.61. The molecule has 0 bridgehead atoms. The van der Waals surface area contributed by atoms with Crippen LogP contribution in [0, 0.1) is 5.92 Å². The summed E-state index contributed by atoms with van der Waals surface area (Å²) in [5.41, 5.74) is 1.56. The van der Waals surface area contributed by atoms with Crippen LogP contribution in [0.15, 0.2) is 30.6 Å². The van der Waals surface area contributed by atoms with E-state index in [1.54, 1.807) is 0 Å². The van der Waals surface area contributed by atoms with E-state index in [1.165, 1.54) is 0 Å². The summed E-state index contributed by atoms with van der Waals surface area (Å²) in [5.74, 6) is 0.446. The molecule has 2 amide bonds. The van der Waals surface area contributed by atoms with Crippen molar-refractivity contribution in [3.63, 3.8) is 0 Å². The number of likely N-dealkylation sites (tertiary alicyclic amines) is 1. The molecule has 3 saturated heterocycles. The average Bonchev–Trinajstić information content (AvgIpc) is 3.39. The molecule has 3 aliphatic heterocycles. The number of amides is 2. The highest BCUT2D eigenvalue weighted by atomic mass is 16.6. The Bertz CT molecular complexity index is 962. The summed E-state index contributed by atoms with van der Waals surface area (Å²) in [7, 11) is 0. The summed E-state index contributed by atoms with van der Waals surface area (Å²) in [5, 5.41) is 0. The van der Waals surface area contributed by atoms with E-state index in [2.05, 4.69) is 14.3 Å². The molecular formula is C20H23N5O3. The van der Waals surface area contributed by atoms with Crippen molar-refractivity contribution >= 4 is 17.6 Å². The summed E-state index contributed by atoms with van der Waals surface area (Å²) >= 11 is 0. The van der Waals surface area contributed by atoms with Crippen molar-refractivity contribution in [3.8, 4) is 0 Å². The first-order valence-electron chi connectivity index (χ1n) is 10.0. The maximum absolute atomic E-state index is 12.4. The van der Waals surface area contributed by atoms with Crippen LogP contribution in [0.1, 0.15) is 18.5 Å². The Morgan fingerprint density at radius 3 is 2.93 bits per heavy atom. The van der Waals surface area contributed by atoms with Crippen LogP contribution in [0.3, 0.4) is 0 Å². The minimum Gasteiger partial charge on any atom is -0.437 e. The summed E-state index contributed by atoms with van der Waals surface area (Å²) in [6, 6.07) is 6.01. The van der Waals surface area contributed by atoms with Gasteiger partial charge in [-0.2, -0.15) is 0 Å². The number of pyridine rings is 1. The normalized spacial score (nSPS) is 26.4. The zero-order valence-corrected chi connectivity index (χ0v) is 15.7. The number of carbonyl (C=O) groups is 2. The van der Waals surface area contributed by atoms with Gasteiger partial charge in [0.25, 0.3) is 0 Å². The molecule has 5 heterocycles. The fraction of sp³-hybridized carbons (Fsp3) is 0.550. The molecule has 0 N–H and O–H groups in total. The lowest BCUT2D eigenvalue weighted by atomic mass is 9.84. The fourth-order valence-corrected chi connectivity index (χ4v) is 4.90. The quantitative estimate of drug-likeness (QED) is 0.792. The van der Waals surface area contributed by atoms with E-state index in [4.69, 9.17) is 4.74 Å². The first kappa shape index (κ1) is 16.4. The predicted octanol–water partition coefficient (Wildman–Crippen LogP) is 0.962. The molecule has 146 valence electrons. The zero-order chi connectivity index (χ0) is 18.9. The van der Waals surface area contributed by atoms with Crippen molar-refractivity contribution in [1.82, 2.24) is 24.1 Å². The van der Waals surface area contributed by atoms with Crippen molar-refractivity contribution in [1.29, 1.82) is 0 Å². The highest BCUT2D eigenvalue weighted by Gasteiger charge is 2.63. The Morgan fingerprint density at radius 2 is 2.11 bits per heavy atom. The van der Waals surface area contributed by atoms with Crippen LogP contribution in [0.5, 0.6) is 0 Å². The third-order valence-electron chi connectivity index (χ3n) is 6.63. The molecule has 0 radical (unpaired) electrons. The Morgan fingerprint density at radius 1 is 1.25 bits per heavy atom. The van der Waals surface area contributed by atoms with Gasteiger partial charge in [-0.3, -0.25) is 14.6 Å². The smallest absolute Gasteiger partial charge is 0.411 e. The van der Waals surface area contributed by atoms with Gasteiger partial charge in [-0.25, -0.2) is 9.78 Å². The maximum Gasteiger partial charge on any atom is 0.411 e. The van der Waals surface area contributed by atoms with E-state index < -0.39 is 5.60 Å². The first-order chi connectivity index (χ1) is 13.6.